The Hall–Kier alpha value is -1.32. The van der Waals surface area contributed by atoms with Crippen molar-refractivity contribution in [2.24, 2.45) is 0 Å². The number of thiophene rings is 1. The summed E-state index contributed by atoms with van der Waals surface area (Å²) in [7, 11) is 1.73. The van der Waals surface area contributed by atoms with Crippen LogP contribution in [-0.2, 0) is 13.0 Å². The Kier molecular flexibility index (Phi) is 5.62. The number of benzene rings is 1. The molecular formula is C17H23NOS. The van der Waals surface area contributed by atoms with E-state index in [1.54, 1.807) is 7.11 Å². The summed E-state index contributed by atoms with van der Waals surface area (Å²) in [5.74, 6) is 0.965. The molecule has 3 heteroatoms. The van der Waals surface area contributed by atoms with E-state index < -0.39 is 0 Å². The van der Waals surface area contributed by atoms with Gasteiger partial charge in [0.25, 0.3) is 0 Å². The fourth-order valence-corrected chi connectivity index (χ4v) is 3.27. The van der Waals surface area contributed by atoms with Crippen molar-refractivity contribution in [1.29, 1.82) is 0 Å². The zero-order chi connectivity index (χ0) is 14.4. The summed E-state index contributed by atoms with van der Waals surface area (Å²) in [5.41, 5.74) is 1.24. The highest BCUT2D eigenvalue weighted by Crippen LogP contribution is 2.27. The van der Waals surface area contributed by atoms with Crippen molar-refractivity contribution < 1.29 is 4.74 Å². The van der Waals surface area contributed by atoms with Gasteiger partial charge in [-0.2, -0.15) is 0 Å². The topological polar surface area (TPSA) is 21.3 Å². The van der Waals surface area contributed by atoms with Crippen LogP contribution < -0.4 is 10.1 Å². The van der Waals surface area contributed by atoms with Crippen LogP contribution in [0.5, 0.6) is 5.75 Å². The van der Waals surface area contributed by atoms with E-state index in [0.29, 0.717) is 6.04 Å². The molecule has 0 fully saturated rings. The van der Waals surface area contributed by atoms with Crippen molar-refractivity contribution in [1.82, 2.24) is 5.32 Å². The number of nitrogens with one attached hydrogen (secondary N) is 1. The molecule has 0 amide bonds. The van der Waals surface area contributed by atoms with E-state index in [4.69, 9.17) is 4.74 Å². The minimum atomic E-state index is 0.332. The van der Waals surface area contributed by atoms with Crippen molar-refractivity contribution in [3.8, 4) is 5.75 Å². The normalized spacial score (nSPS) is 12.3. The van der Waals surface area contributed by atoms with Crippen molar-refractivity contribution in [3.05, 3.63) is 51.7 Å². The standard InChI is InChI=1S/C17H23NOS/c1-4-13-10-11-14(20-13)12-18-16(5-2)15-8-6-7-9-17(15)19-3/h6-11,16,18H,4-5,12H2,1-3H3. The SMILES string of the molecule is CCc1ccc(CNC(CC)c2ccccc2OC)s1. The second-order valence-electron chi connectivity index (χ2n) is 4.81. The molecule has 108 valence electrons. The number of rotatable bonds is 7. The summed E-state index contributed by atoms with van der Waals surface area (Å²) in [6.45, 7) is 5.32. The first-order chi connectivity index (χ1) is 9.78. The zero-order valence-electron chi connectivity index (χ0n) is 12.5. The van der Waals surface area contributed by atoms with Crippen LogP contribution in [0.15, 0.2) is 36.4 Å². The fraction of sp³-hybridized carbons (Fsp3) is 0.412. The van der Waals surface area contributed by atoms with Gasteiger partial charge in [-0.1, -0.05) is 32.0 Å². The maximum Gasteiger partial charge on any atom is 0.123 e. The van der Waals surface area contributed by atoms with E-state index >= 15 is 0 Å². The van der Waals surface area contributed by atoms with Crippen LogP contribution in [0.1, 0.15) is 41.6 Å². The molecule has 0 saturated heterocycles. The molecule has 1 heterocycles. The third kappa shape index (κ3) is 3.62. The van der Waals surface area contributed by atoms with Crippen molar-refractivity contribution >= 4 is 11.3 Å². The molecule has 0 bridgehead atoms. The molecule has 1 N–H and O–H groups in total. The maximum absolute atomic E-state index is 5.46. The molecule has 2 aromatic rings. The number of hydrogen-bond donors (Lipinski definition) is 1. The van der Waals surface area contributed by atoms with Crippen molar-refractivity contribution in [2.45, 2.75) is 39.3 Å². The van der Waals surface area contributed by atoms with E-state index in [1.807, 2.05) is 23.5 Å². The Labute approximate surface area is 125 Å². The molecule has 20 heavy (non-hydrogen) atoms. The van der Waals surface area contributed by atoms with Crippen LogP contribution in [0.25, 0.3) is 0 Å². The van der Waals surface area contributed by atoms with Gasteiger partial charge in [0, 0.05) is 27.9 Å². The second-order valence-corrected chi connectivity index (χ2v) is 6.06. The molecule has 2 rings (SSSR count). The number of ether oxygens (including phenoxy) is 1. The van der Waals surface area contributed by atoms with Crippen molar-refractivity contribution in [2.75, 3.05) is 7.11 Å². The van der Waals surface area contributed by atoms with Gasteiger partial charge < -0.3 is 10.1 Å². The highest BCUT2D eigenvalue weighted by atomic mass is 32.1. The first-order valence-corrected chi connectivity index (χ1v) is 8.04. The summed E-state index contributed by atoms with van der Waals surface area (Å²) >= 11 is 1.90. The highest BCUT2D eigenvalue weighted by Gasteiger charge is 2.13. The van der Waals surface area contributed by atoms with E-state index in [9.17, 15) is 0 Å². The van der Waals surface area contributed by atoms with Gasteiger partial charge in [0.1, 0.15) is 5.75 Å². The lowest BCUT2D eigenvalue weighted by Crippen LogP contribution is -2.20. The monoisotopic (exact) mass is 289 g/mol. The van der Waals surface area contributed by atoms with Crippen LogP contribution in [0.2, 0.25) is 0 Å². The van der Waals surface area contributed by atoms with Crippen LogP contribution in [0.4, 0.5) is 0 Å². The lowest BCUT2D eigenvalue weighted by Gasteiger charge is -2.19. The Balaban J connectivity index is 2.05. The molecule has 0 spiro atoms. The average Bonchev–Trinajstić information content (AvgIpc) is 2.96. The first-order valence-electron chi connectivity index (χ1n) is 7.22. The molecule has 1 unspecified atom stereocenters. The molecule has 2 nitrogen and oxygen atoms in total. The molecule has 0 aliphatic rings. The molecular weight excluding hydrogens is 266 g/mol. The Morgan fingerprint density at radius 2 is 1.85 bits per heavy atom. The van der Waals surface area contributed by atoms with Gasteiger partial charge in [0.15, 0.2) is 0 Å². The smallest absolute Gasteiger partial charge is 0.123 e. The molecule has 0 aliphatic carbocycles. The van der Waals surface area contributed by atoms with Gasteiger partial charge in [-0.3, -0.25) is 0 Å². The third-order valence-corrected chi connectivity index (χ3v) is 4.74. The number of aryl methyl sites for hydroxylation is 1. The van der Waals surface area contributed by atoms with E-state index in [-0.39, 0.29) is 0 Å². The summed E-state index contributed by atoms with van der Waals surface area (Å²) in [6.07, 6.45) is 2.17. The third-order valence-electron chi connectivity index (χ3n) is 3.51. The molecule has 1 aromatic heterocycles. The van der Waals surface area contributed by atoms with Gasteiger partial charge in [-0.05, 0) is 31.0 Å². The largest absolute Gasteiger partial charge is 0.496 e. The van der Waals surface area contributed by atoms with Gasteiger partial charge in [-0.15, -0.1) is 11.3 Å². The van der Waals surface area contributed by atoms with Crippen LogP contribution in [0.3, 0.4) is 0 Å². The predicted molar refractivity (Wildman–Crippen MR) is 86.6 cm³/mol. The van der Waals surface area contributed by atoms with E-state index in [0.717, 1.165) is 25.1 Å². The molecule has 1 aromatic carbocycles. The Morgan fingerprint density at radius 1 is 1.10 bits per heavy atom. The fourth-order valence-electron chi connectivity index (χ4n) is 2.36. The second kappa shape index (κ2) is 7.46. The average molecular weight is 289 g/mol. The summed E-state index contributed by atoms with van der Waals surface area (Å²) in [6, 6.07) is 13.0. The van der Waals surface area contributed by atoms with Crippen LogP contribution >= 0.6 is 11.3 Å². The number of hydrogen-bond acceptors (Lipinski definition) is 3. The minimum absolute atomic E-state index is 0.332. The summed E-state index contributed by atoms with van der Waals surface area (Å²) in [5, 5.41) is 3.64. The Bertz CT molecular complexity index is 535. The van der Waals surface area contributed by atoms with Gasteiger partial charge in [0.2, 0.25) is 0 Å². The number of methoxy groups -OCH3 is 1. The minimum Gasteiger partial charge on any atom is -0.496 e. The lowest BCUT2D eigenvalue weighted by atomic mass is 10.0. The molecule has 0 radical (unpaired) electrons. The molecule has 0 aliphatic heterocycles. The van der Waals surface area contributed by atoms with Crippen LogP contribution in [0, 0.1) is 0 Å². The quantitative estimate of drug-likeness (QED) is 0.806. The lowest BCUT2D eigenvalue weighted by molar-refractivity contribution is 0.397. The van der Waals surface area contributed by atoms with Gasteiger partial charge >= 0.3 is 0 Å². The summed E-state index contributed by atoms with van der Waals surface area (Å²) < 4.78 is 5.46. The van der Waals surface area contributed by atoms with E-state index in [1.165, 1.54) is 15.3 Å². The van der Waals surface area contributed by atoms with Crippen LogP contribution in [-0.4, -0.2) is 7.11 Å². The first kappa shape index (κ1) is 15.1. The maximum atomic E-state index is 5.46. The summed E-state index contributed by atoms with van der Waals surface area (Å²) in [4.78, 5) is 2.85. The van der Waals surface area contributed by atoms with Crippen molar-refractivity contribution in [3.63, 3.8) is 0 Å². The van der Waals surface area contributed by atoms with E-state index in [2.05, 4.69) is 43.4 Å². The molecule has 1 atom stereocenters. The highest BCUT2D eigenvalue weighted by molar-refractivity contribution is 7.11. The number of para-hydroxylation sites is 1. The van der Waals surface area contributed by atoms with Gasteiger partial charge in [0.05, 0.1) is 7.11 Å². The Morgan fingerprint density at radius 3 is 2.50 bits per heavy atom. The zero-order valence-corrected chi connectivity index (χ0v) is 13.3. The van der Waals surface area contributed by atoms with Gasteiger partial charge in [-0.25, -0.2) is 0 Å². The predicted octanol–water partition coefficient (Wildman–Crippen LogP) is 4.56. The molecule has 0 saturated carbocycles.